The second-order valence-electron chi connectivity index (χ2n) is 7.82. The quantitative estimate of drug-likeness (QED) is 0.691. The highest BCUT2D eigenvalue weighted by molar-refractivity contribution is 7.89. The summed E-state index contributed by atoms with van der Waals surface area (Å²) in [5, 5.41) is 2.72. The molecule has 2 aliphatic rings. The Kier molecular flexibility index (Phi) is 6.57. The second-order valence-corrected chi connectivity index (χ2v) is 9.75. The lowest BCUT2D eigenvalue weighted by atomic mass is 10.2. The molecule has 10 heteroatoms. The van der Waals surface area contributed by atoms with Gasteiger partial charge in [-0.05, 0) is 55.8 Å². The Bertz CT molecular complexity index is 1140. The molecule has 0 spiro atoms. The van der Waals surface area contributed by atoms with Crippen molar-refractivity contribution >= 4 is 27.5 Å². The van der Waals surface area contributed by atoms with Crippen LogP contribution in [0.25, 0.3) is 0 Å². The summed E-state index contributed by atoms with van der Waals surface area (Å²) in [5.74, 6) is 0.711. The number of sulfonamides is 1. The smallest absolute Gasteiger partial charge is 0.265 e. The molecule has 1 atom stereocenters. The van der Waals surface area contributed by atoms with Crippen molar-refractivity contribution in [2.45, 2.75) is 31.3 Å². The molecule has 0 aromatic heterocycles. The van der Waals surface area contributed by atoms with Crippen molar-refractivity contribution in [2.75, 3.05) is 38.1 Å². The lowest BCUT2D eigenvalue weighted by Crippen LogP contribution is -2.50. The van der Waals surface area contributed by atoms with E-state index in [1.807, 2.05) is 13.8 Å². The van der Waals surface area contributed by atoms with Crippen LogP contribution in [-0.2, 0) is 14.8 Å². The molecule has 176 valence electrons. The number of rotatable bonds is 6. The zero-order valence-corrected chi connectivity index (χ0v) is 19.4. The van der Waals surface area contributed by atoms with Crippen molar-refractivity contribution in [1.82, 2.24) is 9.21 Å². The topological polar surface area (TPSA) is 105 Å². The van der Waals surface area contributed by atoms with Crippen LogP contribution in [0, 0.1) is 0 Å². The maximum absolute atomic E-state index is 13.2. The summed E-state index contributed by atoms with van der Waals surface area (Å²) in [6.07, 6.45) is -0.0636. The van der Waals surface area contributed by atoms with E-state index in [0.29, 0.717) is 35.8 Å². The van der Waals surface area contributed by atoms with Crippen molar-refractivity contribution in [3.63, 3.8) is 0 Å². The average molecular weight is 474 g/mol. The van der Waals surface area contributed by atoms with Crippen LogP contribution >= 0.6 is 0 Å². The van der Waals surface area contributed by atoms with Crippen LogP contribution < -0.4 is 14.8 Å². The van der Waals surface area contributed by atoms with Crippen LogP contribution in [0.15, 0.2) is 47.4 Å². The first-order valence-corrected chi connectivity index (χ1v) is 12.4. The zero-order valence-electron chi connectivity index (χ0n) is 18.6. The van der Waals surface area contributed by atoms with Crippen LogP contribution in [0.5, 0.6) is 11.5 Å². The van der Waals surface area contributed by atoms with E-state index in [-0.39, 0.29) is 42.9 Å². The number of nitrogens with one attached hydrogen (secondary N) is 1. The van der Waals surface area contributed by atoms with Gasteiger partial charge in [0.05, 0.1) is 17.2 Å². The first kappa shape index (κ1) is 23.1. The molecule has 33 heavy (non-hydrogen) atoms. The molecule has 2 heterocycles. The Hall–Kier alpha value is -3.11. The number of carbonyl (C=O) groups excluding carboxylic acids is 2. The molecular formula is C23H27N3O6S. The molecule has 4 rings (SSSR count). The molecule has 1 N–H and O–H groups in total. The minimum absolute atomic E-state index is 0.0754. The van der Waals surface area contributed by atoms with Gasteiger partial charge in [0.2, 0.25) is 10.0 Å². The van der Waals surface area contributed by atoms with E-state index in [1.54, 1.807) is 35.2 Å². The van der Waals surface area contributed by atoms with Gasteiger partial charge in [-0.1, -0.05) is 6.92 Å². The van der Waals surface area contributed by atoms with Crippen molar-refractivity contribution in [1.29, 1.82) is 0 Å². The Morgan fingerprint density at radius 3 is 2.42 bits per heavy atom. The molecule has 2 aliphatic heterocycles. The summed E-state index contributed by atoms with van der Waals surface area (Å²) in [4.78, 5) is 26.6. The summed E-state index contributed by atoms with van der Waals surface area (Å²) in [6, 6.07) is 11.4. The van der Waals surface area contributed by atoms with Crippen LogP contribution in [0.4, 0.5) is 5.69 Å². The van der Waals surface area contributed by atoms with E-state index in [1.165, 1.54) is 16.4 Å². The first-order valence-electron chi connectivity index (χ1n) is 11.0. The highest BCUT2D eigenvalue weighted by atomic mass is 32.2. The van der Waals surface area contributed by atoms with Gasteiger partial charge in [0.25, 0.3) is 11.8 Å². The number of nitrogens with zero attached hydrogens (tertiary/aromatic N) is 2. The Balaban J connectivity index is 1.42. The highest BCUT2D eigenvalue weighted by Crippen LogP contribution is 2.33. The van der Waals surface area contributed by atoms with Crippen LogP contribution in [-0.4, -0.2) is 68.3 Å². The fraction of sp³-hybridized carbons (Fsp3) is 0.391. The Labute approximate surface area is 193 Å². The lowest BCUT2D eigenvalue weighted by molar-refractivity contribution is -0.123. The third-order valence-electron chi connectivity index (χ3n) is 5.72. The van der Waals surface area contributed by atoms with Crippen molar-refractivity contribution in [2.24, 2.45) is 0 Å². The Morgan fingerprint density at radius 2 is 1.79 bits per heavy atom. The lowest BCUT2D eigenvalue weighted by Gasteiger charge is -2.34. The van der Waals surface area contributed by atoms with Crippen LogP contribution in [0.3, 0.4) is 0 Å². The number of ether oxygens (including phenoxy) is 2. The van der Waals surface area contributed by atoms with Gasteiger partial charge in [-0.15, -0.1) is 0 Å². The average Bonchev–Trinajstić information content (AvgIpc) is 2.83. The zero-order chi connectivity index (χ0) is 23.6. The normalized spacial score (nSPS) is 18.8. The van der Waals surface area contributed by atoms with Gasteiger partial charge < -0.3 is 19.7 Å². The van der Waals surface area contributed by atoms with Crippen molar-refractivity contribution in [3.05, 3.63) is 48.0 Å². The molecule has 0 saturated carbocycles. The monoisotopic (exact) mass is 473 g/mol. The molecule has 9 nitrogen and oxygen atoms in total. The third-order valence-corrected chi connectivity index (χ3v) is 7.61. The molecule has 1 fully saturated rings. The largest absolute Gasteiger partial charge is 0.494 e. The highest BCUT2D eigenvalue weighted by Gasteiger charge is 2.32. The van der Waals surface area contributed by atoms with Crippen molar-refractivity contribution < 1.29 is 27.5 Å². The van der Waals surface area contributed by atoms with Crippen LogP contribution in [0.2, 0.25) is 0 Å². The molecule has 2 aromatic carbocycles. The number of hydrogen-bond acceptors (Lipinski definition) is 6. The number of fused-ring (bicyclic) bond motifs is 1. The van der Waals surface area contributed by atoms with E-state index < -0.39 is 16.1 Å². The number of piperazine rings is 1. The Morgan fingerprint density at radius 1 is 1.09 bits per heavy atom. The maximum atomic E-state index is 13.2. The van der Waals surface area contributed by atoms with Gasteiger partial charge in [0.1, 0.15) is 11.5 Å². The van der Waals surface area contributed by atoms with Gasteiger partial charge in [-0.2, -0.15) is 4.31 Å². The fourth-order valence-electron chi connectivity index (χ4n) is 3.88. The molecular weight excluding hydrogens is 446 g/mol. The van der Waals surface area contributed by atoms with Crippen LogP contribution in [0.1, 0.15) is 30.6 Å². The summed E-state index contributed by atoms with van der Waals surface area (Å²) >= 11 is 0. The molecule has 0 bridgehead atoms. The van der Waals surface area contributed by atoms with Gasteiger partial charge in [0, 0.05) is 31.7 Å². The van der Waals surface area contributed by atoms with Gasteiger partial charge in [-0.25, -0.2) is 8.42 Å². The summed E-state index contributed by atoms with van der Waals surface area (Å²) in [6.45, 7) is 5.22. The maximum Gasteiger partial charge on any atom is 0.265 e. The molecule has 2 aromatic rings. The molecule has 0 aliphatic carbocycles. The molecule has 1 saturated heterocycles. The van der Waals surface area contributed by atoms with E-state index in [2.05, 4.69) is 5.32 Å². The number of carbonyl (C=O) groups is 2. The predicted octanol–water partition coefficient (Wildman–Crippen LogP) is 2.34. The summed E-state index contributed by atoms with van der Waals surface area (Å²) < 4.78 is 38.7. The van der Waals surface area contributed by atoms with Gasteiger partial charge in [-0.3, -0.25) is 9.59 Å². The number of amides is 2. The number of hydrogen-bond donors (Lipinski definition) is 1. The van der Waals surface area contributed by atoms with E-state index in [0.717, 1.165) is 0 Å². The van der Waals surface area contributed by atoms with Crippen molar-refractivity contribution in [3.8, 4) is 11.5 Å². The predicted molar refractivity (Wildman–Crippen MR) is 122 cm³/mol. The molecule has 0 radical (unpaired) electrons. The number of benzene rings is 2. The standard InChI is InChI=1S/C23H27N3O6S/c1-3-20-22(27)24-19-15-18(9-10-21(19)32-20)33(29,30)26-13-11-25(12-14-26)23(28)16-5-7-17(8-6-16)31-4-2/h5-10,15,20H,3-4,11-14H2,1-2H3,(H,24,27). The van der Waals surface area contributed by atoms with Gasteiger partial charge >= 0.3 is 0 Å². The minimum Gasteiger partial charge on any atom is -0.494 e. The second kappa shape index (κ2) is 9.40. The van der Waals surface area contributed by atoms with E-state index in [4.69, 9.17) is 9.47 Å². The molecule has 1 unspecified atom stereocenters. The van der Waals surface area contributed by atoms with E-state index in [9.17, 15) is 18.0 Å². The number of anilines is 1. The fourth-order valence-corrected chi connectivity index (χ4v) is 5.33. The first-order chi connectivity index (χ1) is 15.8. The SMILES string of the molecule is CCOc1ccc(C(=O)N2CCN(S(=O)(=O)c3ccc4c(c3)NC(=O)C(CC)O4)CC2)cc1. The molecule has 2 amide bonds. The third kappa shape index (κ3) is 4.67. The summed E-state index contributed by atoms with van der Waals surface area (Å²) in [5.41, 5.74) is 0.876. The minimum atomic E-state index is -3.79. The van der Waals surface area contributed by atoms with E-state index >= 15 is 0 Å². The summed E-state index contributed by atoms with van der Waals surface area (Å²) in [7, 11) is -3.79. The van der Waals surface area contributed by atoms with Gasteiger partial charge in [0.15, 0.2) is 6.10 Å².